The Morgan fingerprint density at radius 3 is 3.06 bits per heavy atom. The molecule has 0 aliphatic heterocycles. The van der Waals surface area contributed by atoms with Gasteiger partial charge in [-0.25, -0.2) is 4.98 Å². The molecule has 6 nitrogen and oxygen atoms in total. The van der Waals surface area contributed by atoms with E-state index in [1.165, 1.54) is 6.33 Å². The standard InChI is InChI=1S/C12H16N4O2/c1-2-9-5-6-10(18-9)12(17)13-7-3-4-11-14-8-15-16-11/h5-6,8H,2-4,7H2,1H3,(H,13,17)(H,14,15,16). The second kappa shape index (κ2) is 6.00. The predicted octanol–water partition coefficient (Wildman–Crippen LogP) is 1.32. The summed E-state index contributed by atoms with van der Waals surface area (Å²) in [4.78, 5) is 15.7. The number of rotatable bonds is 6. The Bertz CT molecular complexity index is 490. The van der Waals surface area contributed by atoms with E-state index < -0.39 is 0 Å². The Hall–Kier alpha value is -2.11. The summed E-state index contributed by atoms with van der Waals surface area (Å²) in [5, 5.41) is 9.34. The van der Waals surface area contributed by atoms with Crippen LogP contribution in [0.25, 0.3) is 0 Å². The van der Waals surface area contributed by atoms with Gasteiger partial charge in [-0.05, 0) is 18.6 Å². The minimum atomic E-state index is -0.174. The topological polar surface area (TPSA) is 83.8 Å². The fourth-order valence-corrected chi connectivity index (χ4v) is 1.59. The van der Waals surface area contributed by atoms with Gasteiger partial charge in [-0.2, -0.15) is 5.10 Å². The summed E-state index contributed by atoms with van der Waals surface area (Å²) in [6.07, 6.45) is 3.84. The Kier molecular flexibility index (Phi) is 4.11. The lowest BCUT2D eigenvalue weighted by molar-refractivity contribution is 0.0924. The fraction of sp³-hybridized carbons (Fsp3) is 0.417. The van der Waals surface area contributed by atoms with Gasteiger partial charge in [-0.3, -0.25) is 9.89 Å². The van der Waals surface area contributed by atoms with E-state index in [0.717, 1.165) is 30.8 Å². The van der Waals surface area contributed by atoms with Crippen LogP contribution in [0.15, 0.2) is 22.9 Å². The van der Waals surface area contributed by atoms with E-state index in [4.69, 9.17) is 4.42 Å². The second-order valence-electron chi connectivity index (χ2n) is 3.91. The zero-order valence-corrected chi connectivity index (χ0v) is 10.3. The molecule has 0 aliphatic rings. The van der Waals surface area contributed by atoms with Gasteiger partial charge in [0.15, 0.2) is 5.76 Å². The van der Waals surface area contributed by atoms with Crippen LogP contribution in [0.1, 0.15) is 35.5 Å². The number of hydrogen-bond donors (Lipinski definition) is 2. The van der Waals surface area contributed by atoms with Crippen molar-refractivity contribution in [1.82, 2.24) is 20.5 Å². The van der Waals surface area contributed by atoms with Crippen molar-refractivity contribution in [3.8, 4) is 0 Å². The molecule has 0 spiro atoms. The van der Waals surface area contributed by atoms with Crippen LogP contribution in [0.4, 0.5) is 0 Å². The van der Waals surface area contributed by atoms with Crippen molar-refractivity contribution in [3.05, 3.63) is 35.8 Å². The lowest BCUT2D eigenvalue weighted by Crippen LogP contribution is -2.24. The smallest absolute Gasteiger partial charge is 0.286 e. The minimum absolute atomic E-state index is 0.174. The summed E-state index contributed by atoms with van der Waals surface area (Å²) >= 11 is 0. The van der Waals surface area contributed by atoms with Crippen LogP contribution >= 0.6 is 0 Å². The first-order valence-electron chi connectivity index (χ1n) is 6.00. The SMILES string of the molecule is CCc1ccc(C(=O)NCCCc2ncn[nH]2)o1. The quantitative estimate of drug-likeness (QED) is 0.755. The van der Waals surface area contributed by atoms with Crippen LogP contribution in [0.2, 0.25) is 0 Å². The third-order valence-corrected chi connectivity index (χ3v) is 2.57. The number of H-pyrrole nitrogens is 1. The highest BCUT2D eigenvalue weighted by Gasteiger charge is 2.09. The number of aromatic amines is 1. The Morgan fingerprint density at radius 1 is 1.50 bits per heavy atom. The lowest BCUT2D eigenvalue weighted by Gasteiger charge is -2.01. The number of nitrogens with zero attached hydrogens (tertiary/aromatic N) is 2. The van der Waals surface area contributed by atoms with Crippen LogP contribution in [-0.2, 0) is 12.8 Å². The van der Waals surface area contributed by atoms with Gasteiger partial charge in [0, 0.05) is 19.4 Å². The summed E-state index contributed by atoms with van der Waals surface area (Å²) in [7, 11) is 0. The molecular formula is C12H16N4O2. The maximum atomic E-state index is 11.7. The normalized spacial score (nSPS) is 10.5. The highest BCUT2D eigenvalue weighted by Crippen LogP contribution is 2.08. The molecule has 2 aromatic rings. The van der Waals surface area contributed by atoms with E-state index in [0.29, 0.717) is 12.3 Å². The first-order valence-corrected chi connectivity index (χ1v) is 6.00. The molecule has 96 valence electrons. The number of hydrogen-bond acceptors (Lipinski definition) is 4. The zero-order chi connectivity index (χ0) is 12.8. The molecule has 0 atom stereocenters. The van der Waals surface area contributed by atoms with Gasteiger partial charge in [0.05, 0.1) is 0 Å². The summed E-state index contributed by atoms with van der Waals surface area (Å²) < 4.78 is 5.36. The Labute approximate surface area is 105 Å². The van der Waals surface area contributed by atoms with Gasteiger partial charge in [0.2, 0.25) is 0 Å². The lowest BCUT2D eigenvalue weighted by atomic mass is 10.3. The van der Waals surface area contributed by atoms with Gasteiger partial charge < -0.3 is 9.73 Å². The van der Waals surface area contributed by atoms with E-state index >= 15 is 0 Å². The third-order valence-electron chi connectivity index (χ3n) is 2.57. The van der Waals surface area contributed by atoms with E-state index in [2.05, 4.69) is 20.5 Å². The van der Waals surface area contributed by atoms with Gasteiger partial charge in [0.1, 0.15) is 17.9 Å². The number of carbonyl (C=O) groups excluding carboxylic acids is 1. The highest BCUT2D eigenvalue weighted by molar-refractivity contribution is 5.91. The molecule has 0 saturated heterocycles. The first kappa shape index (κ1) is 12.3. The largest absolute Gasteiger partial charge is 0.456 e. The molecule has 0 fully saturated rings. The van der Waals surface area contributed by atoms with E-state index in [9.17, 15) is 4.79 Å². The molecule has 18 heavy (non-hydrogen) atoms. The maximum absolute atomic E-state index is 11.7. The first-order chi connectivity index (χ1) is 8.79. The number of aromatic nitrogens is 3. The maximum Gasteiger partial charge on any atom is 0.286 e. The van der Waals surface area contributed by atoms with Gasteiger partial charge in [-0.15, -0.1) is 0 Å². The van der Waals surface area contributed by atoms with Crippen LogP contribution in [0.3, 0.4) is 0 Å². The number of amides is 1. The molecule has 0 saturated carbocycles. The monoisotopic (exact) mass is 248 g/mol. The molecule has 2 rings (SSSR count). The summed E-state index contributed by atoms with van der Waals surface area (Å²) in [6.45, 7) is 2.57. The molecule has 0 aromatic carbocycles. The van der Waals surface area contributed by atoms with Crippen LogP contribution in [0, 0.1) is 0 Å². The highest BCUT2D eigenvalue weighted by atomic mass is 16.3. The molecule has 0 bridgehead atoms. The van der Waals surface area contributed by atoms with Crippen LogP contribution < -0.4 is 5.32 Å². The summed E-state index contributed by atoms with van der Waals surface area (Å²) in [6, 6.07) is 3.52. The van der Waals surface area contributed by atoms with Crippen molar-refractivity contribution in [2.75, 3.05) is 6.54 Å². The molecular weight excluding hydrogens is 232 g/mol. The number of furan rings is 1. The number of nitrogens with one attached hydrogen (secondary N) is 2. The molecule has 1 amide bonds. The van der Waals surface area contributed by atoms with Crippen molar-refractivity contribution in [1.29, 1.82) is 0 Å². The average Bonchev–Trinajstić information content (AvgIpc) is 3.05. The summed E-state index contributed by atoms with van der Waals surface area (Å²) in [5.74, 6) is 1.84. The Balaban J connectivity index is 1.71. The van der Waals surface area contributed by atoms with Gasteiger partial charge >= 0.3 is 0 Å². The van der Waals surface area contributed by atoms with E-state index in [1.54, 1.807) is 6.07 Å². The Morgan fingerprint density at radius 2 is 2.39 bits per heavy atom. The third kappa shape index (κ3) is 3.19. The second-order valence-corrected chi connectivity index (χ2v) is 3.91. The zero-order valence-electron chi connectivity index (χ0n) is 10.3. The van der Waals surface area contributed by atoms with E-state index in [-0.39, 0.29) is 5.91 Å². The molecule has 0 radical (unpaired) electrons. The van der Waals surface area contributed by atoms with Crippen LogP contribution in [0.5, 0.6) is 0 Å². The van der Waals surface area contributed by atoms with Crippen molar-refractivity contribution in [3.63, 3.8) is 0 Å². The molecule has 6 heteroatoms. The van der Waals surface area contributed by atoms with Crippen LogP contribution in [-0.4, -0.2) is 27.6 Å². The number of aryl methyl sites for hydroxylation is 2. The fourth-order valence-electron chi connectivity index (χ4n) is 1.59. The van der Waals surface area contributed by atoms with Gasteiger partial charge in [-0.1, -0.05) is 6.92 Å². The average molecular weight is 248 g/mol. The summed E-state index contributed by atoms with van der Waals surface area (Å²) in [5.41, 5.74) is 0. The van der Waals surface area contributed by atoms with Crippen molar-refractivity contribution < 1.29 is 9.21 Å². The molecule has 0 unspecified atom stereocenters. The van der Waals surface area contributed by atoms with Gasteiger partial charge in [0.25, 0.3) is 5.91 Å². The van der Waals surface area contributed by atoms with Crippen molar-refractivity contribution in [2.45, 2.75) is 26.2 Å². The predicted molar refractivity (Wildman–Crippen MR) is 65.1 cm³/mol. The molecule has 2 heterocycles. The van der Waals surface area contributed by atoms with Crippen molar-refractivity contribution >= 4 is 5.91 Å². The molecule has 2 N–H and O–H groups in total. The number of carbonyl (C=O) groups is 1. The van der Waals surface area contributed by atoms with Crippen molar-refractivity contribution in [2.24, 2.45) is 0 Å². The van der Waals surface area contributed by atoms with E-state index in [1.807, 2.05) is 13.0 Å². The molecule has 0 aliphatic carbocycles. The minimum Gasteiger partial charge on any atom is -0.456 e. The molecule has 2 aromatic heterocycles.